The zero-order valence-corrected chi connectivity index (χ0v) is 10.9. The van der Waals surface area contributed by atoms with Crippen molar-refractivity contribution in [2.75, 3.05) is 10.6 Å². The minimum atomic E-state index is -0.0408. The Morgan fingerprint density at radius 1 is 1.00 bits per heavy atom. The van der Waals surface area contributed by atoms with E-state index in [4.69, 9.17) is 11.6 Å². The first-order valence-corrected chi connectivity index (χ1v) is 6.51. The summed E-state index contributed by atoms with van der Waals surface area (Å²) in [5.74, 6) is 0.0115. The van der Waals surface area contributed by atoms with Gasteiger partial charge in [0.25, 0.3) is 0 Å². The second kappa shape index (κ2) is 4.94. The number of anilines is 2. The number of rotatable bonds is 1. The highest BCUT2D eigenvalue weighted by Crippen LogP contribution is 2.31. The van der Waals surface area contributed by atoms with Crippen LogP contribution in [0.3, 0.4) is 0 Å². The van der Waals surface area contributed by atoms with Gasteiger partial charge in [-0.15, -0.1) is 0 Å². The Hall–Kier alpha value is -2.00. The van der Waals surface area contributed by atoms with E-state index in [0.717, 1.165) is 16.9 Å². The summed E-state index contributed by atoms with van der Waals surface area (Å²) in [7, 11) is 0. The molecule has 1 amide bonds. The lowest BCUT2D eigenvalue weighted by atomic mass is 10.0. The molecule has 0 radical (unpaired) electrons. The standard InChI is InChI=1S/C15H13ClN2O/c16-11-7-5-10(6-8-11)14-9-15(19)18-13-4-2-1-3-12(13)17-14/h1-8,14,17H,9H2,(H,18,19). The van der Waals surface area contributed by atoms with Gasteiger partial charge in [0.15, 0.2) is 0 Å². The zero-order valence-electron chi connectivity index (χ0n) is 10.2. The number of halogens is 1. The average molecular weight is 273 g/mol. The molecule has 3 rings (SSSR count). The van der Waals surface area contributed by atoms with E-state index in [1.807, 2.05) is 48.5 Å². The number of fused-ring (bicyclic) bond motifs is 1. The van der Waals surface area contributed by atoms with Crippen molar-refractivity contribution in [3.63, 3.8) is 0 Å². The Labute approximate surface area is 116 Å². The first-order valence-electron chi connectivity index (χ1n) is 6.13. The van der Waals surface area contributed by atoms with Crippen molar-refractivity contribution in [1.29, 1.82) is 0 Å². The fourth-order valence-corrected chi connectivity index (χ4v) is 2.37. The van der Waals surface area contributed by atoms with Crippen molar-refractivity contribution in [3.05, 3.63) is 59.1 Å². The van der Waals surface area contributed by atoms with Gasteiger partial charge in [-0.3, -0.25) is 4.79 Å². The molecule has 4 heteroatoms. The summed E-state index contributed by atoms with van der Waals surface area (Å²) in [6.45, 7) is 0. The van der Waals surface area contributed by atoms with Crippen LogP contribution in [0.2, 0.25) is 5.02 Å². The Bertz CT molecular complexity index is 610. The highest BCUT2D eigenvalue weighted by Gasteiger charge is 2.21. The second-order valence-electron chi connectivity index (χ2n) is 4.55. The molecule has 0 spiro atoms. The molecule has 2 aromatic rings. The molecule has 96 valence electrons. The van der Waals surface area contributed by atoms with Crippen LogP contribution in [0.1, 0.15) is 18.0 Å². The van der Waals surface area contributed by atoms with Gasteiger partial charge in [0.1, 0.15) is 0 Å². The van der Waals surface area contributed by atoms with Crippen LogP contribution >= 0.6 is 11.6 Å². The summed E-state index contributed by atoms with van der Waals surface area (Å²) in [5.41, 5.74) is 2.81. The SMILES string of the molecule is O=C1CC(c2ccc(Cl)cc2)Nc2ccccc2N1. The van der Waals surface area contributed by atoms with Gasteiger partial charge in [-0.05, 0) is 29.8 Å². The van der Waals surface area contributed by atoms with Crippen molar-refractivity contribution >= 4 is 28.9 Å². The van der Waals surface area contributed by atoms with Gasteiger partial charge in [0.2, 0.25) is 5.91 Å². The van der Waals surface area contributed by atoms with E-state index in [9.17, 15) is 4.79 Å². The highest BCUT2D eigenvalue weighted by molar-refractivity contribution is 6.30. The van der Waals surface area contributed by atoms with Crippen molar-refractivity contribution in [3.8, 4) is 0 Å². The predicted molar refractivity (Wildman–Crippen MR) is 77.5 cm³/mol. The number of carbonyl (C=O) groups is 1. The molecule has 19 heavy (non-hydrogen) atoms. The topological polar surface area (TPSA) is 41.1 Å². The summed E-state index contributed by atoms with van der Waals surface area (Å²) in [6.07, 6.45) is 0.399. The minimum absolute atomic E-state index is 0.0115. The van der Waals surface area contributed by atoms with Gasteiger partial charge in [-0.1, -0.05) is 35.9 Å². The maximum Gasteiger partial charge on any atom is 0.226 e. The molecule has 2 N–H and O–H groups in total. The smallest absolute Gasteiger partial charge is 0.226 e. The molecule has 0 saturated heterocycles. The molecular formula is C15H13ClN2O. The van der Waals surface area contributed by atoms with Gasteiger partial charge in [-0.2, -0.15) is 0 Å². The lowest BCUT2D eigenvalue weighted by Crippen LogP contribution is -2.15. The van der Waals surface area contributed by atoms with E-state index in [2.05, 4.69) is 10.6 Å². The van der Waals surface area contributed by atoms with Gasteiger partial charge in [-0.25, -0.2) is 0 Å². The Balaban J connectivity index is 1.95. The number of carbonyl (C=O) groups excluding carboxylic acids is 1. The van der Waals surface area contributed by atoms with E-state index >= 15 is 0 Å². The largest absolute Gasteiger partial charge is 0.376 e. The molecule has 1 aliphatic rings. The fraction of sp³-hybridized carbons (Fsp3) is 0.133. The van der Waals surface area contributed by atoms with E-state index in [1.54, 1.807) is 0 Å². The molecular weight excluding hydrogens is 260 g/mol. The lowest BCUT2D eigenvalue weighted by molar-refractivity contribution is -0.116. The Morgan fingerprint density at radius 2 is 1.68 bits per heavy atom. The molecule has 3 nitrogen and oxygen atoms in total. The molecule has 0 aromatic heterocycles. The van der Waals surface area contributed by atoms with E-state index in [-0.39, 0.29) is 11.9 Å². The van der Waals surface area contributed by atoms with Gasteiger partial charge in [0.05, 0.1) is 23.8 Å². The van der Waals surface area contributed by atoms with Gasteiger partial charge in [0, 0.05) is 5.02 Å². The third kappa shape index (κ3) is 2.56. The van der Waals surface area contributed by atoms with Crippen LogP contribution < -0.4 is 10.6 Å². The molecule has 0 aliphatic carbocycles. The molecule has 0 bridgehead atoms. The third-order valence-electron chi connectivity index (χ3n) is 3.19. The molecule has 2 aromatic carbocycles. The minimum Gasteiger partial charge on any atom is -0.376 e. The number of para-hydroxylation sites is 2. The van der Waals surface area contributed by atoms with Crippen LogP contribution in [0.4, 0.5) is 11.4 Å². The molecule has 1 atom stereocenters. The van der Waals surface area contributed by atoms with Crippen molar-refractivity contribution < 1.29 is 4.79 Å². The second-order valence-corrected chi connectivity index (χ2v) is 4.98. The molecule has 1 unspecified atom stereocenters. The number of nitrogens with one attached hydrogen (secondary N) is 2. The highest BCUT2D eigenvalue weighted by atomic mass is 35.5. The van der Waals surface area contributed by atoms with Crippen LogP contribution in [0, 0.1) is 0 Å². The number of hydrogen-bond donors (Lipinski definition) is 2. The van der Waals surface area contributed by atoms with E-state index in [0.29, 0.717) is 11.4 Å². The Kier molecular flexibility index (Phi) is 3.13. The first-order chi connectivity index (χ1) is 9.22. The van der Waals surface area contributed by atoms with Crippen molar-refractivity contribution in [2.24, 2.45) is 0 Å². The van der Waals surface area contributed by atoms with E-state index < -0.39 is 0 Å². The maximum absolute atomic E-state index is 11.9. The van der Waals surface area contributed by atoms with Gasteiger partial charge >= 0.3 is 0 Å². The lowest BCUT2D eigenvalue weighted by Gasteiger charge is -2.17. The average Bonchev–Trinajstić information content (AvgIpc) is 2.57. The predicted octanol–water partition coefficient (Wildman–Crippen LogP) is 3.84. The third-order valence-corrected chi connectivity index (χ3v) is 3.44. The summed E-state index contributed by atoms with van der Waals surface area (Å²) in [6, 6.07) is 15.2. The van der Waals surface area contributed by atoms with Crippen LogP contribution in [0.5, 0.6) is 0 Å². The number of hydrogen-bond acceptors (Lipinski definition) is 2. The van der Waals surface area contributed by atoms with Crippen LogP contribution in [-0.2, 0) is 4.79 Å². The van der Waals surface area contributed by atoms with Crippen LogP contribution in [0.15, 0.2) is 48.5 Å². The first kappa shape index (κ1) is 12.1. The zero-order chi connectivity index (χ0) is 13.2. The summed E-state index contributed by atoms with van der Waals surface area (Å²) in [5, 5.41) is 7.00. The molecule has 0 fully saturated rings. The van der Waals surface area contributed by atoms with Gasteiger partial charge < -0.3 is 10.6 Å². The van der Waals surface area contributed by atoms with Crippen LogP contribution in [-0.4, -0.2) is 5.91 Å². The number of amides is 1. The quantitative estimate of drug-likeness (QED) is 0.828. The van der Waals surface area contributed by atoms with Crippen molar-refractivity contribution in [1.82, 2.24) is 0 Å². The molecule has 1 aliphatic heterocycles. The summed E-state index contributed by atoms with van der Waals surface area (Å²) in [4.78, 5) is 11.9. The summed E-state index contributed by atoms with van der Waals surface area (Å²) < 4.78 is 0. The summed E-state index contributed by atoms with van der Waals surface area (Å²) >= 11 is 5.89. The van der Waals surface area contributed by atoms with E-state index in [1.165, 1.54) is 0 Å². The van der Waals surface area contributed by atoms with Crippen molar-refractivity contribution in [2.45, 2.75) is 12.5 Å². The monoisotopic (exact) mass is 272 g/mol. The molecule has 0 saturated carbocycles. The Morgan fingerprint density at radius 3 is 2.42 bits per heavy atom. The maximum atomic E-state index is 11.9. The van der Waals surface area contributed by atoms with Crippen LogP contribution in [0.25, 0.3) is 0 Å². The normalized spacial score (nSPS) is 17.9. The molecule has 1 heterocycles. The number of benzene rings is 2. The fourth-order valence-electron chi connectivity index (χ4n) is 2.24.